The van der Waals surface area contributed by atoms with Gasteiger partial charge in [0.1, 0.15) is 0 Å². The molecule has 1 atom stereocenters. The van der Waals surface area contributed by atoms with Gasteiger partial charge in [-0.05, 0) is 60.6 Å². The third-order valence-corrected chi connectivity index (χ3v) is 4.62. The zero-order valence-electron chi connectivity index (χ0n) is 11.8. The van der Waals surface area contributed by atoms with Gasteiger partial charge in [-0.2, -0.15) is 0 Å². The Hall–Kier alpha value is -1.12. The first-order valence-electron chi connectivity index (χ1n) is 7.32. The van der Waals surface area contributed by atoms with E-state index in [-0.39, 0.29) is 0 Å². The van der Waals surface area contributed by atoms with Crippen molar-refractivity contribution in [3.63, 3.8) is 0 Å². The van der Waals surface area contributed by atoms with Gasteiger partial charge in [0, 0.05) is 17.1 Å². The molecule has 0 aromatic heterocycles. The second-order valence-electron chi connectivity index (χ2n) is 5.61. The van der Waals surface area contributed by atoms with E-state index in [1.54, 1.807) is 11.1 Å². The van der Waals surface area contributed by atoms with Crippen molar-refractivity contribution in [2.75, 3.05) is 0 Å². The van der Waals surface area contributed by atoms with Gasteiger partial charge in [-0.1, -0.05) is 46.3 Å². The van der Waals surface area contributed by atoms with Crippen molar-refractivity contribution in [2.24, 2.45) is 0 Å². The third-order valence-electron chi connectivity index (χ3n) is 4.12. The highest BCUT2D eigenvalue weighted by atomic mass is 79.9. The summed E-state index contributed by atoms with van der Waals surface area (Å²) in [6.45, 7) is 3.15. The molecule has 1 nitrogen and oxygen atoms in total. The lowest BCUT2D eigenvalue weighted by Gasteiger charge is -2.15. The molecule has 0 saturated carbocycles. The van der Waals surface area contributed by atoms with Crippen molar-refractivity contribution in [3.05, 3.63) is 69.2 Å². The third kappa shape index (κ3) is 3.13. The minimum atomic E-state index is 0.362. The molecule has 2 aromatic rings. The summed E-state index contributed by atoms with van der Waals surface area (Å²) in [7, 11) is 0. The summed E-state index contributed by atoms with van der Waals surface area (Å²) in [6, 6.07) is 15.8. The van der Waals surface area contributed by atoms with Crippen molar-refractivity contribution in [1.82, 2.24) is 5.32 Å². The van der Waals surface area contributed by atoms with Gasteiger partial charge in [-0.25, -0.2) is 0 Å². The Kier molecular flexibility index (Phi) is 4.23. The molecule has 2 heteroatoms. The molecule has 1 aliphatic rings. The summed E-state index contributed by atoms with van der Waals surface area (Å²) >= 11 is 3.53. The van der Waals surface area contributed by atoms with E-state index in [1.807, 2.05) is 0 Å². The molecule has 0 amide bonds. The van der Waals surface area contributed by atoms with Gasteiger partial charge in [-0.3, -0.25) is 0 Å². The predicted molar refractivity (Wildman–Crippen MR) is 87.9 cm³/mol. The number of hydrogen-bond donors (Lipinski definition) is 1. The fourth-order valence-corrected chi connectivity index (χ4v) is 3.32. The van der Waals surface area contributed by atoms with E-state index in [4.69, 9.17) is 0 Å². The lowest BCUT2D eigenvalue weighted by atomic mass is 10.1. The van der Waals surface area contributed by atoms with Gasteiger partial charge in [0.25, 0.3) is 0 Å². The lowest BCUT2D eigenvalue weighted by molar-refractivity contribution is 0.574. The molecule has 0 spiro atoms. The van der Waals surface area contributed by atoms with Crippen molar-refractivity contribution >= 4 is 15.9 Å². The first-order valence-corrected chi connectivity index (χ1v) is 8.11. The monoisotopic (exact) mass is 329 g/mol. The van der Waals surface area contributed by atoms with Crippen LogP contribution in [-0.2, 0) is 19.4 Å². The highest BCUT2D eigenvalue weighted by Gasteiger charge is 2.11. The van der Waals surface area contributed by atoms with Gasteiger partial charge in [-0.15, -0.1) is 0 Å². The molecule has 0 heterocycles. The zero-order valence-corrected chi connectivity index (χ0v) is 13.4. The first kappa shape index (κ1) is 13.8. The quantitative estimate of drug-likeness (QED) is 0.850. The standard InChI is InChI=1S/C18H20BrN/c1-13(16-5-3-7-18(19)11-16)20-12-14-8-9-15-4-2-6-17(15)10-14/h3,5,7-11,13,20H,2,4,6,12H2,1H3/t13-/m0/s1. The second kappa shape index (κ2) is 6.11. The SMILES string of the molecule is C[C@H](NCc1ccc2c(c1)CCC2)c1cccc(Br)c1. The Morgan fingerprint density at radius 1 is 1.10 bits per heavy atom. The van der Waals surface area contributed by atoms with Gasteiger partial charge in [0.2, 0.25) is 0 Å². The van der Waals surface area contributed by atoms with Crippen LogP contribution in [0, 0.1) is 0 Å². The summed E-state index contributed by atoms with van der Waals surface area (Å²) in [4.78, 5) is 0. The number of rotatable bonds is 4. The van der Waals surface area contributed by atoms with E-state index >= 15 is 0 Å². The lowest BCUT2D eigenvalue weighted by Crippen LogP contribution is -2.18. The van der Waals surface area contributed by atoms with Crippen LogP contribution in [0.4, 0.5) is 0 Å². The molecular weight excluding hydrogens is 310 g/mol. The molecule has 1 aliphatic carbocycles. The van der Waals surface area contributed by atoms with E-state index in [1.165, 1.54) is 30.4 Å². The fourth-order valence-electron chi connectivity index (χ4n) is 2.90. The molecule has 3 rings (SSSR count). The highest BCUT2D eigenvalue weighted by Crippen LogP contribution is 2.23. The first-order chi connectivity index (χ1) is 9.72. The van der Waals surface area contributed by atoms with Crippen LogP contribution < -0.4 is 5.32 Å². The molecule has 1 N–H and O–H groups in total. The van der Waals surface area contributed by atoms with Crippen LogP contribution in [0.25, 0.3) is 0 Å². The van der Waals surface area contributed by atoms with Crippen LogP contribution in [0.15, 0.2) is 46.9 Å². The molecule has 104 valence electrons. The average molecular weight is 330 g/mol. The van der Waals surface area contributed by atoms with E-state index in [9.17, 15) is 0 Å². The molecule has 0 bridgehead atoms. The summed E-state index contributed by atoms with van der Waals surface area (Å²) in [5.41, 5.74) is 5.82. The second-order valence-corrected chi connectivity index (χ2v) is 6.53. The minimum Gasteiger partial charge on any atom is -0.306 e. The van der Waals surface area contributed by atoms with Crippen LogP contribution in [0.5, 0.6) is 0 Å². The summed E-state index contributed by atoms with van der Waals surface area (Å²) < 4.78 is 1.14. The van der Waals surface area contributed by atoms with Gasteiger partial charge >= 0.3 is 0 Å². The zero-order chi connectivity index (χ0) is 13.9. The molecule has 2 aromatic carbocycles. The molecule has 0 radical (unpaired) electrons. The Morgan fingerprint density at radius 3 is 2.80 bits per heavy atom. The number of aryl methyl sites for hydroxylation is 2. The summed E-state index contributed by atoms with van der Waals surface area (Å²) in [6.07, 6.45) is 3.84. The van der Waals surface area contributed by atoms with Crippen LogP contribution in [0.3, 0.4) is 0 Å². The molecule has 0 aliphatic heterocycles. The highest BCUT2D eigenvalue weighted by molar-refractivity contribution is 9.10. The maximum atomic E-state index is 3.61. The molecular formula is C18H20BrN. The molecule has 0 saturated heterocycles. The van der Waals surface area contributed by atoms with Crippen molar-refractivity contribution in [2.45, 2.75) is 38.8 Å². The van der Waals surface area contributed by atoms with Crippen molar-refractivity contribution in [3.8, 4) is 0 Å². The van der Waals surface area contributed by atoms with E-state index < -0.39 is 0 Å². The Labute approximate surface area is 129 Å². The van der Waals surface area contributed by atoms with E-state index in [2.05, 4.69) is 70.6 Å². The number of benzene rings is 2. The maximum absolute atomic E-state index is 3.61. The van der Waals surface area contributed by atoms with Crippen LogP contribution in [0.2, 0.25) is 0 Å². The Balaban J connectivity index is 1.64. The smallest absolute Gasteiger partial charge is 0.0295 e. The summed E-state index contributed by atoms with van der Waals surface area (Å²) in [5, 5.41) is 3.61. The number of hydrogen-bond acceptors (Lipinski definition) is 1. The predicted octanol–water partition coefficient (Wildman–Crippen LogP) is 4.79. The van der Waals surface area contributed by atoms with Gasteiger partial charge < -0.3 is 5.32 Å². The topological polar surface area (TPSA) is 12.0 Å². The largest absolute Gasteiger partial charge is 0.306 e. The van der Waals surface area contributed by atoms with Gasteiger partial charge in [0.05, 0.1) is 0 Å². The van der Waals surface area contributed by atoms with E-state index in [0.717, 1.165) is 11.0 Å². The number of nitrogens with one attached hydrogen (secondary N) is 1. The van der Waals surface area contributed by atoms with Gasteiger partial charge in [0.15, 0.2) is 0 Å². The molecule has 20 heavy (non-hydrogen) atoms. The number of fused-ring (bicyclic) bond motifs is 1. The van der Waals surface area contributed by atoms with E-state index in [0.29, 0.717) is 6.04 Å². The Bertz CT molecular complexity index is 606. The molecule has 0 fully saturated rings. The van der Waals surface area contributed by atoms with Crippen LogP contribution in [-0.4, -0.2) is 0 Å². The van der Waals surface area contributed by atoms with Crippen LogP contribution in [0.1, 0.15) is 41.6 Å². The number of halogens is 1. The average Bonchev–Trinajstić information content (AvgIpc) is 2.92. The Morgan fingerprint density at radius 2 is 1.95 bits per heavy atom. The van der Waals surface area contributed by atoms with Crippen molar-refractivity contribution < 1.29 is 0 Å². The molecule has 0 unspecified atom stereocenters. The van der Waals surface area contributed by atoms with Crippen LogP contribution >= 0.6 is 15.9 Å². The maximum Gasteiger partial charge on any atom is 0.0295 e. The fraction of sp³-hybridized carbons (Fsp3) is 0.333. The normalized spacial score (nSPS) is 15.1. The minimum absolute atomic E-state index is 0.362. The summed E-state index contributed by atoms with van der Waals surface area (Å²) in [5.74, 6) is 0. The van der Waals surface area contributed by atoms with Crippen molar-refractivity contribution in [1.29, 1.82) is 0 Å².